The van der Waals surface area contributed by atoms with Crippen LogP contribution in [-0.2, 0) is 14.0 Å². The molecule has 0 saturated carbocycles. The summed E-state index contributed by atoms with van der Waals surface area (Å²) in [5, 5.41) is 0. The van der Waals surface area contributed by atoms with Gasteiger partial charge in [-0.25, -0.2) is 0 Å². The number of hydrogen-bond donors (Lipinski definition) is 0. The molecule has 1 aromatic rings. The highest BCUT2D eigenvalue weighted by atomic mass is 16.7. The fourth-order valence-corrected chi connectivity index (χ4v) is 2.06. The van der Waals surface area contributed by atoms with Gasteiger partial charge < -0.3 is 14.0 Å². The summed E-state index contributed by atoms with van der Waals surface area (Å²) in [7, 11) is -1.20. The topological polar surface area (TPSA) is 40.6 Å². The van der Waals surface area contributed by atoms with E-state index < -0.39 is 74.1 Å². The van der Waals surface area contributed by atoms with Gasteiger partial charge in [0.15, 0.2) is 0 Å². The molecule has 2 aliphatic heterocycles. The number of hydrogen-bond acceptors (Lipinski definition) is 4. The van der Waals surface area contributed by atoms with Crippen molar-refractivity contribution in [3.8, 4) is 0 Å². The lowest BCUT2D eigenvalue weighted by atomic mass is 9.78. The molecule has 114 valence electrons. The molecule has 4 nitrogen and oxygen atoms in total. The van der Waals surface area contributed by atoms with Crippen molar-refractivity contribution < 1.29 is 25.0 Å². The van der Waals surface area contributed by atoms with Gasteiger partial charge >= 0.3 is 7.12 Å². The van der Waals surface area contributed by atoms with Crippen LogP contribution >= 0.6 is 0 Å². The molecule has 0 atom stereocenters. The second kappa shape index (κ2) is 5.38. The zero-order valence-corrected chi connectivity index (χ0v) is 12.7. The molecular formula is C16H24BNO3. The van der Waals surface area contributed by atoms with E-state index in [1.54, 1.807) is 27.7 Å². The molecule has 0 radical (unpaired) electrons. The zero-order chi connectivity index (χ0) is 22.2. The average Bonchev–Trinajstić information content (AvgIpc) is 2.76. The minimum Gasteiger partial charge on any atom is -0.399 e. The molecule has 0 amide bonds. The predicted molar refractivity (Wildman–Crippen MR) is 82.7 cm³/mol. The second-order valence-corrected chi connectivity index (χ2v) is 6.05. The van der Waals surface area contributed by atoms with Gasteiger partial charge in [0.1, 0.15) is 0 Å². The summed E-state index contributed by atoms with van der Waals surface area (Å²) in [4.78, 5) is 3.82. The van der Waals surface area contributed by atoms with E-state index in [1.807, 2.05) is 0 Å². The quantitative estimate of drug-likeness (QED) is 0.785. The summed E-state index contributed by atoms with van der Waals surface area (Å²) in [5.74, 6) is -2.63. The van der Waals surface area contributed by atoms with Crippen LogP contribution in [0.1, 0.15) is 63.0 Å². The third-order valence-electron chi connectivity index (χ3n) is 4.04. The largest absolute Gasteiger partial charge is 0.494 e. The first-order valence-electron chi connectivity index (χ1n) is 10.9. The van der Waals surface area contributed by atoms with E-state index in [2.05, 4.69) is 4.98 Å². The maximum absolute atomic E-state index is 8.76. The van der Waals surface area contributed by atoms with Crippen molar-refractivity contribution in [3.63, 3.8) is 0 Å². The van der Waals surface area contributed by atoms with E-state index in [1.165, 1.54) is 0 Å². The normalized spacial score (nSPS) is 37.0. The third-order valence-corrected chi connectivity index (χ3v) is 4.04. The molecule has 0 aromatic carbocycles. The molecule has 0 bridgehead atoms. The summed E-state index contributed by atoms with van der Waals surface area (Å²) in [6, 6.07) is -0.969. The molecule has 1 aromatic heterocycles. The molecule has 21 heavy (non-hydrogen) atoms. The van der Waals surface area contributed by atoms with Gasteiger partial charge in [-0.2, -0.15) is 0 Å². The summed E-state index contributed by atoms with van der Waals surface area (Å²) in [6.45, 7) is 6.02. The van der Waals surface area contributed by atoms with Crippen molar-refractivity contribution in [1.82, 2.24) is 4.98 Å². The molecule has 0 aliphatic carbocycles. The Hall–Kier alpha value is -0.905. The van der Waals surface area contributed by atoms with Crippen molar-refractivity contribution in [2.45, 2.75) is 57.5 Å². The standard InChI is InChI=1S/C16H24BNO3/c1-15(2)16(3,4)21-17(20-15)13-5-8-18-14(11-13)12-6-9-19-10-7-12/h5,8,11-12H,6-7,9-10H2,1-4H3/i5D,6D2,7D2,8D,11D,12D. The van der Waals surface area contributed by atoms with Crippen molar-refractivity contribution in [2.24, 2.45) is 0 Å². The average molecular weight is 297 g/mol. The Morgan fingerprint density at radius 1 is 1.29 bits per heavy atom. The highest BCUT2D eigenvalue weighted by Gasteiger charge is 2.51. The van der Waals surface area contributed by atoms with Gasteiger partial charge in [0, 0.05) is 37.8 Å². The maximum Gasteiger partial charge on any atom is 0.494 e. The monoisotopic (exact) mass is 297 g/mol. The number of ether oxygens (including phenoxy) is 1. The summed E-state index contributed by atoms with van der Waals surface area (Å²) < 4.78 is 83.3. The second-order valence-electron chi connectivity index (χ2n) is 6.05. The molecule has 2 saturated heterocycles. The Balaban J connectivity index is 2.24. The molecular weight excluding hydrogens is 265 g/mol. The lowest BCUT2D eigenvalue weighted by Crippen LogP contribution is -2.41. The van der Waals surface area contributed by atoms with Crippen LogP contribution in [0.25, 0.3) is 0 Å². The lowest BCUT2D eigenvalue weighted by molar-refractivity contribution is 0.00578. The van der Waals surface area contributed by atoms with Crippen molar-refractivity contribution in [2.75, 3.05) is 13.2 Å². The van der Waals surface area contributed by atoms with Crippen LogP contribution < -0.4 is 5.46 Å². The number of nitrogens with zero attached hydrogens (tertiary/aromatic N) is 1. The van der Waals surface area contributed by atoms with Gasteiger partial charge in [-0.3, -0.25) is 4.98 Å². The Morgan fingerprint density at radius 3 is 2.52 bits per heavy atom. The van der Waals surface area contributed by atoms with E-state index in [-0.39, 0.29) is 5.46 Å². The zero-order valence-electron chi connectivity index (χ0n) is 20.7. The molecule has 0 N–H and O–H groups in total. The van der Waals surface area contributed by atoms with Crippen molar-refractivity contribution in [3.05, 3.63) is 24.0 Å². The van der Waals surface area contributed by atoms with E-state index in [4.69, 9.17) is 25.0 Å². The number of rotatable bonds is 2. The highest BCUT2D eigenvalue weighted by molar-refractivity contribution is 6.62. The van der Waals surface area contributed by atoms with Crippen molar-refractivity contribution in [1.29, 1.82) is 0 Å². The lowest BCUT2D eigenvalue weighted by Gasteiger charge is -2.32. The van der Waals surface area contributed by atoms with Crippen LogP contribution in [-0.4, -0.2) is 36.5 Å². The van der Waals surface area contributed by atoms with Crippen LogP contribution in [0, 0.1) is 0 Å². The Bertz CT molecular complexity index is 816. The molecule has 0 spiro atoms. The SMILES string of the molecule is [2H]c1nc(C2([2H])C([2H])([2H])COCC2([2H])[2H])c([2H])c(B2OC(C)(C)C(C)(C)O2)c1[2H]. The minimum absolute atomic E-state index is 0.164. The first kappa shape index (κ1) is 8.09. The maximum atomic E-state index is 8.76. The van der Waals surface area contributed by atoms with E-state index in [0.29, 0.717) is 0 Å². The minimum atomic E-state index is -2.63. The Morgan fingerprint density at radius 2 is 1.90 bits per heavy atom. The molecule has 0 unspecified atom stereocenters. The Kier molecular flexibility index (Phi) is 2.07. The predicted octanol–water partition coefficient (Wildman–Crippen LogP) is 2.27. The van der Waals surface area contributed by atoms with Gasteiger partial charge in [0.05, 0.1) is 15.3 Å². The van der Waals surface area contributed by atoms with E-state index in [9.17, 15) is 0 Å². The molecule has 5 heteroatoms. The highest BCUT2D eigenvalue weighted by Crippen LogP contribution is 2.36. The molecule has 3 rings (SSSR count). The first-order chi connectivity index (χ1) is 13.0. The van der Waals surface area contributed by atoms with Gasteiger partial charge in [-0.15, -0.1) is 0 Å². The van der Waals surface area contributed by atoms with E-state index >= 15 is 0 Å². The van der Waals surface area contributed by atoms with Crippen LogP contribution in [0.4, 0.5) is 0 Å². The number of pyridine rings is 1. The summed E-state index contributed by atoms with van der Waals surface area (Å²) in [5.41, 5.74) is -2.31. The van der Waals surface area contributed by atoms with Gasteiger partial charge in [0.25, 0.3) is 0 Å². The summed E-state index contributed by atoms with van der Waals surface area (Å²) in [6.07, 6.45) is -5.66. The summed E-state index contributed by atoms with van der Waals surface area (Å²) >= 11 is 0. The van der Waals surface area contributed by atoms with Crippen molar-refractivity contribution >= 4 is 12.6 Å². The van der Waals surface area contributed by atoms with Crippen LogP contribution in [0.15, 0.2) is 18.3 Å². The molecule has 3 heterocycles. The van der Waals surface area contributed by atoms with E-state index in [0.717, 1.165) is 0 Å². The fourth-order valence-electron chi connectivity index (χ4n) is 2.06. The smallest absolute Gasteiger partial charge is 0.399 e. The molecule has 2 fully saturated rings. The van der Waals surface area contributed by atoms with Gasteiger partial charge in [-0.05, 0) is 58.0 Å². The Labute approximate surface area is 138 Å². The van der Waals surface area contributed by atoms with Gasteiger partial charge in [0.2, 0.25) is 0 Å². The first-order valence-corrected chi connectivity index (χ1v) is 6.90. The van der Waals surface area contributed by atoms with Crippen LogP contribution in [0.5, 0.6) is 0 Å². The van der Waals surface area contributed by atoms with Gasteiger partial charge in [-0.1, -0.05) is 0 Å². The fraction of sp³-hybridized carbons (Fsp3) is 0.688. The third kappa shape index (κ3) is 2.87. The van der Waals surface area contributed by atoms with Crippen LogP contribution in [0.3, 0.4) is 0 Å². The molecule has 2 aliphatic rings. The van der Waals surface area contributed by atoms with Crippen LogP contribution in [0.2, 0.25) is 0 Å². The number of aromatic nitrogens is 1.